The summed E-state index contributed by atoms with van der Waals surface area (Å²) >= 11 is 1.56. The highest BCUT2D eigenvalue weighted by Gasteiger charge is 2.09. The highest BCUT2D eigenvalue weighted by Crippen LogP contribution is 2.09. The quantitative estimate of drug-likeness (QED) is 0.822. The molecule has 0 saturated heterocycles. The number of esters is 1. The van der Waals surface area contributed by atoms with Crippen molar-refractivity contribution in [2.45, 2.75) is 13.1 Å². The normalized spacial score (nSPS) is 10.4. The predicted octanol–water partition coefficient (Wildman–Crippen LogP) is 1.81. The van der Waals surface area contributed by atoms with Gasteiger partial charge in [-0.1, -0.05) is 0 Å². The number of methoxy groups -OCH3 is 1. The van der Waals surface area contributed by atoms with Gasteiger partial charge in [0.15, 0.2) is 0 Å². The van der Waals surface area contributed by atoms with E-state index in [-0.39, 0.29) is 5.97 Å². The lowest BCUT2D eigenvalue weighted by atomic mass is 10.3. The zero-order valence-corrected chi connectivity index (χ0v) is 10.1. The van der Waals surface area contributed by atoms with E-state index in [0.29, 0.717) is 24.4 Å². The highest BCUT2D eigenvalue weighted by atomic mass is 32.1. The molecule has 0 aromatic carbocycles. The van der Waals surface area contributed by atoms with E-state index in [9.17, 15) is 4.79 Å². The van der Waals surface area contributed by atoms with E-state index in [4.69, 9.17) is 4.42 Å². The number of nitrogens with zero attached hydrogens (tertiary/aromatic N) is 1. The molecule has 2 aromatic heterocycles. The molecule has 2 aromatic rings. The fourth-order valence-corrected chi connectivity index (χ4v) is 1.90. The van der Waals surface area contributed by atoms with Gasteiger partial charge in [0.25, 0.3) is 0 Å². The Morgan fingerprint density at radius 2 is 2.47 bits per heavy atom. The maximum atomic E-state index is 11.2. The second-order valence-electron chi connectivity index (χ2n) is 3.38. The third-order valence-electron chi connectivity index (χ3n) is 2.16. The topological polar surface area (TPSA) is 64.4 Å². The number of carbonyl (C=O) groups is 1. The van der Waals surface area contributed by atoms with E-state index in [2.05, 4.69) is 15.0 Å². The molecular weight excluding hydrogens is 240 g/mol. The number of hydrogen-bond donors (Lipinski definition) is 1. The van der Waals surface area contributed by atoms with Gasteiger partial charge in [0, 0.05) is 11.9 Å². The number of hydrogen-bond acceptors (Lipinski definition) is 6. The van der Waals surface area contributed by atoms with Crippen molar-refractivity contribution < 1.29 is 13.9 Å². The molecule has 0 aliphatic heterocycles. The molecule has 2 heterocycles. The van der Waals surface area contributed by atoms with Crippen LogP contribution in [0.2, 0.25) is 0 Å². The molecule has 90 valence electrons. The third kappa shape index (κ3) is 3.15. The van der Waals surface area contributed by atoms with E-state index in [1.54, 1.807) is 22.9 Å². The van der Waals surface area contributed by atoms with E-state index in [1.807, 2.05) is 5.38 Å². The molecule has 6 heteroatoms. The zero-order chi connectivity index (χ0) is 12.1. The van der Waals surface area contributed by atoms with Gasteiger partial charge in [0.2, 0.25) is 0 Å². The Bertz CT molecular complexity index is 479. The van der Waals surface area contributed by atoms with Gasteiger partial charge in [-0.15, -0.1) is 11.3 Å². The first-order valence-corrected chi connectivity index (χ1v) is 5.97. The molecule has 0 atom stereocenters. The van der Waals surface area contributed by atoms with Gasteiger partial charge < -0.3 is 14.5 Å². The van der Waals surface area contributed by atoms with Gasteiger partial charge in [-0.25, -0.2) is 9.78 Å². The number of aromatic nitrogens is 1. The van der Waals surface area contributed by atoms with Crippen molar-refractivity contribution in [1.29, 1.82) is 0 Å². The average molecular weight is 252 g/mol. The number of thiazole rings is 1. The SMILES string of the molecule is COC(=O)c1coc(CNCc2cscn2)c1. The molecule has 0 spiro atoms. The summed E-state index contributed by atoms with van der Waals surface area (Å²) in [6.07, 6.45) is 1.39. The monoisotopic (exact) mass is 252 g/mol. The summed E-state index contributed by atoms with van der Waals surface area (Å²) in [7, 11) is 1.34. The first-order valence-electron chi connectivity index (χ1n) is 5.03. The standard InChI is InChI=1S/C11H12N2O3S/c1-15-11(14)8-2-10(16-5-8)4-12-3-9-6-17-7-13-9/h2,5-7,12H,3-4H2,1H3. The van der Waals surface area contributed by atoms with Gasteiger partial charge in [-0.05, 0) is 6.07 Å². The number of carbonyl (C=O) groups excluding carboxylic acids is 1. The molecule has 0 aliphatic carbocycles. The fraction of sp³-hybridized carbons (Fsp3) is 0.273. The van der Waals surface area contributed by atoms with Gasteiger partial charge in [-0.2, -0.15) is 0 Å². The van der Waals surface area contributed by atoms with Gasteiger partial charge in [0.1, 0.15) is 12.0 Å². The van der Waals surface area contributed by atoms with Crippen LogP contribution >= 0.6 is 11.3 Å². The summed E-state index contributed by atoms with van der Waals surface area (Å²) in [6, 6.07) is 1.67. The Balaban J connectivity index is 1.83. The summed E-state index contributed by atoms with van der Waals surface area (Å²) in [5.74, 6) is 0.306. The molecule has 2 rings (SSSR count). The summed E-state index contributed by atoms with van der Waals surface area (Å²) in [5, 5.41) is 5.15. The van der Waals surface area contributed by atoms with Crippen LogP contribution in [0.1, 0.15) is 21.8 Å². The average Bonchev–Trinajstić information content (AvgIpc) is 2.99. The summed E-state index contributed by atoms with van der Waals surface area (Å²) in [6.45, 7) is 1.23. The minimum absolute atomic E-state index is 0.389. The van der Waals surface area contributed by atoms with Crippen LogP contribution in [0.5, 0.6) is 0 Å². The van der Waals surface area contributed by atoms with Crippen LogP contribution in [0, 0.1) is 0 Å². The lowest BCUT2D eigenvalue weighted by Crippen LogP contribution is -2.12. The lowest BCUT2D eigenvalue weighted by molar-refractivity contribution is 0.0600. The molecule has 0 fully saturated rings. The largest absolute Gasteiger partial charge is 0.467 e. The summed E-state index contributed by atoms with van der Waals surface area (Å²) in [5.41, 5.74) is 3.21. The van der Waals surface area contributed by atoms with Crippen LogP contribution in [-0.4, -0.2) is 18.1 Å². The van der Waals surface area contributed by atoms with Crippen molar-refractivity contribution >= 4 is 17.3 Å². The molecule has 0 amide bonds. The molecule has 1 N–H and O–H groups in total. The van der Waals surface area contributed by atoms with Crippen molar-refractivity contribution in [2.75, 3.05) is 7.11 Å². The van der Waals surface area contributed by atoms with E-state index >= 15 is 0 Å². The summed E-state index contributed by atoms with van der Waals surface area (Å²) in [4.78, 5) is 15.3. The van der Waals surface area contributed by atoms with Crippen molar-refractivity contribution in [2.24, 2.45) is 0 Å². The third-order valence-corrected chi connectivity index (χ3v) is 2.80. The van der Waals surface area contributed by atoms with Gasteiger partial charge in [-0.3, -0.25) is 0 Å². The Kier molecular flexibility index (Phi) is 3.89. The number of nitrogens with one attached hydrogen (secondary N) is 1. The van der Waals surface area contributed by atoms with Crippen LogP contribution in [0.4, 0.5) is 0 Å². The maximum absolute atomic E-state index is 11.2. The van der Waals surface area contributed by atoms with Gasteiger partial charge >= 0.3 is 5.97 Å². The fourth-order valence-electron chi connectivity index (χ4n) is 1.34. The van der Waals surface area contributed by atoms with Crippen LogP contribution in [0.3, 0.4) is 0 Å². The molecular formula is C11H12N2O3S. The molecule has 0 aliphatic rings. The Labute approximate surface area is 102 Å². The first-order chi connectivity index (χ1) is 8.29. The van der Waals surface area contributed by atoms with Crippen molar-refractivity contribution in [3.8, 4) is 0 Å². The van der Waals surface area contributed by atoms with Crippen molar-refractivity contribution in [3.05, 3.63) is 40.2 Å². The second kappa shape index (κ2) is 5.60. The Hall–Kier alpha value is -1.66. The lowest BCUT2D eigenvalue weighted by Gasteiger charge is -1.98. The maximum Gasteiger partial charge on any atom is 0.341 e. The molecule has 0 saturated carbocycles. The number of rotatable bonds is 5. The predicted molar refractivity (Wildman–Crippen MR) is 62.7 cm³/mol. The molecule has 0 bridgehead atoms. The zero-order valence-electron chi connectivity index (χ0n) is 9.30. The molecule has 17 heavy (non-hydrogen) atoms. The smallest absolute Gasteiger partial charge is 0.341 e. The van der Waals surface area contributed by atoms with Crippen LogP contribution in [-0.2, 0) is 17.8 Å². The number of ether oxygens (including phenoxy) is 1. The minimum Gasteiger partial charge on any atom is -0.467 e. The Morgan fingerprint density at radius 3 is 3.18 bits per heavy atom. The molecule has 0 unspecified atom stereocenters. The number of furan rings is 1. The summed E-state index contributed by atoms with van der Waals surface area (Å²) < 4.78 is 9.81. The second-order valence-corrected chi connectivity index (χ2v) is 4.10. The van der Waals surface area contributed by atoms with Crippen LogP contribution in [0.15, 0.2) is 27.6 Å². The molecule has 0 radical (unpaired) electrons. The first kappa shape index (κ1) is 11.8. The van der Waals surface area contributed by atoms with Crippen LogP contribution in [0.25, 0.3) is 0 Å². The van der Waals surface area contributed by atoms with E-state index < -0.39 is 0 Å². The van der Waals surface area contributed by atoms with E-state index in [1.165, 1.54) is 13.4 Å². The van der Waals surface area contributed by atoms with Crippen LogP contribution < -0.4 is 5.32 Å². The Morgan fingerprint density at radius 1 is 1.59 bits per heavy atom. The molecule has 5 nitrogen and oxygen atoms in total. The van der Waals surface area contributed by atoms with Gasteiger partial charge in [0.05, 0.1) is 30.4 Å². The van der Waals surface area contributed by atoms with Crippen molar-refractivity contribution in [3.63, 3.8) is 0 Å². The highest BCUT2D eigenvalue weighted by molar-refractivity contribution is 7.07. The van der Waals surface area contributed by atoms with E-state index in [0.717, 1.165) is 5.69 Å². The van der Waals surface area contributed by atoms with Crippen molar-refractivity contribution in [1.82, 2.24) is 10.3 Å². The minimum atomic E-state index is -0.389.